The maximum absolute atomic E-state index is 10.0. The molecule has 1 aromatic carbocycles. The second kappa shape index (κ2) is 7.01. The molecule has 4 rings (SSSR count). The molecule has 0 saturated carbocycles. The molecule has 0 amide bonds. The van der Waals surface area contributed by atoms with Gasteiger partial charge in [0.2, 0.25) is 0 Å². The number of aromatic nitrogens is 4. The van der Waals surface area contributed by atoms with Gasteiger partial charge >= 0.3 is 0 Å². The zero-order chi connectivity index (χ0) is 17.9. The number of nitrogen functional groups attached to an aromatic ring is 1. The molecule has 2 aromatic heterocycles. The molecule has 1 saturated heterocycles. The zero-order valence-electron chi connectivity index (χ0n) is 14.3. The average molecular weight is 351 g/mol. The van der Waals surface area contributed by atoms with Crippen LogP contribution in [0.15, 0.2) is 42.7 Å². The molecule has 0 unspecified atom stereocenters. The van der Waals surface area contributed by atoms with Crippen molar-refractivity contribution in [2.45, 2.75) is 18.9 Å². The van der Waals surface area contributed by atoms with E-state index >= 15 is 0 Å². The van der Waals surface area contributed by atoms with Gasteiger partial charge in [-0.15, -0.1) is 10.2 Å². The molecule has 0 spiro atoms. The molecule has 26 heavy (non-hydrogen) atoms. The topological polar surface area (TPSA) is 114 Å². The molecule has 3 heterocycles. The second-order valence-electron chi connectivity index (χ2n) is 6.36. The Bertz CT molecular complexity index is 902. The number of para-hydroxylation sites is 1. The molecule has 0 aliphatic carbocycles. The van der Waals surface area contributed by atoms with E-state index in [2.05, 4.69) is 25.9 Å². The van der Waals surface area contributed by atoms with E-state index < -0.39 is 0 Å². The summed E-state index contributed by atoms with van der Waals surface area (Å²) < 4.78 is 2.00. The van der Waals surface area contributed by atoms with Gasteiger partial charge in [-0.1, -0.05) is 12.1 Å². The second-order valence-corrected chi connectivity index (χ2v) is 6.36. The summed E-state index contributed by atoms with van der Waals surface area (Å²) in [5.41, 5.74) is 8.59. The Morgan fingerprint density at radius 1 is 1.19 bits per heavy atom. The summed E-state index contributed by atoms with van der Waals surface area (Å²) in [6.07, 6.45) is 5.89. The molecule has 1 aliphatic heterocycles. The number of benzene rings is 1. The first-order valence-corrected chi connectivity index (χ1v) is 8.64. The zero-order valence-corrected chi connectivity index (χ0v) is 14.3. The standard InChI is InChI=1S/C18H21N7O/c19-18-16(9-15(23-24-18)14-3-1-2-4-17(14)26)22-12-10-21-25(11-12)13-5-7-20-8-6-13/h1-4,9-11,13,20,26H,5-8H2,(H2,19,24)(H,22,23). The molecule has 8 nitrogen and oxygen atoms in total. The van der Waals surface area contributed by atoms with Crippen LogP contribution >= 0.6 is 0 Å². The van der Waals surface area contributed by atoms with Gasteiger partial charge in [-0.2, -0.15) is 5.10 Å². The number of nitrogens with two attached hydrogens (primary N) is 1. The number of phenols is 1. The van der Waals surface area contributed by atoms with Crippen LogP contribution in [-0.4, -0.2) is 38.2 Å². The Labute approximate surface area is 151 Å². The van der Waals surface area contributed by atoms with Crippen molar-refractivity contribution in [1.82, 2.24) is 25.3 Å². The van der Waals surface area contributed by atoms with E-state index in [1.54, 1.807) is 30.5 Å². The summed E-state index contributed by atoms with van der Waals surface area (Å²) in [7, 11) is 0. The molecule has 8 heteroatoms. The largest absolute Gasteiger partial charge is 0.507 e. The Morgan fingerprint density at radius 3 is 2.81 bits per heavy atom. The van der Waals surface area contributed by atoms with Crippen LogP contribution in [0.5, 0.6) is 5.75 Å². The van der Waals surface area contributed by atoms with Crippen molar-refractivity contribution in [2.24, 2.45) is 0 Å². The smallest absolute Gasteiger partial charge is 0.169 e. The minimum absolute atomic E-state index is 0.149. The number of nitrogens with one attached hydrogen (secondary N) is 2. The predicted molar refractivity (Wildman–Crippen MR) is 100 cm³/mol. The van der Waals surface area contributed by atoms with Gasteiger partial charge in [-0.3, -0.25) is 4.68 Å². The third kappa shape index (κ3) is 3.31. The van der Waals surface area contributed by atoms with E-state index in [1.807, 2.05) is 16.9 Å². The highest BCUT2D eigenvalue weighted by molar-refractivity contribution is 5.76. The molecule has 1 fully saturated rings. The molecule has 0 atom stereocenters. The van der Waals surface area contributed by atoms with Gasteiger partial charge in [-0.05, 0) is 44.1 Å². The van der Waals surface area contributed by atoms with Crippen molar-refractivity contribution in [3.8, 4) is 17.0 Å². The van der Waals surface area contributed by atoms with Crippen molar-refractivity contribution in [2.75, 3.05) is 24.1 Å². The minimum Gasteiger partial charge on any atom is -0.507 e. The van der Waals surface area contributed by atoms with Crippen LogP contribution in [0, 0.1) is 0 Å². The van der Waals surface area contributed by atoms with Crippen LogP contribution in [-0.2, 0) is 0 Å². The summed E-state index contributed by atoms with van der Waals surface area (Å²) >= 11 is 0. The number of rotatable bonds is 4. The summed E-state index contributed by atoms with van der Waals surface area (Å²) in [6, 6.07) is 9.19. The number of phenolic OH excluding ortho intramolecular Hbond substituents is 1. The first kappa shape index (κ1) is 16.3. The van der Waals surface area contributed by atoms with E-state index in [9.17, 15) is 5.11 Å². The van der Waals surface area contributed by atoms with E-state index in [1.165, 1.54) is 0 Å². The van der Waals surface area contributed by atoms with Crippen LogP contribution in [0.3, 0.4) is 0 Å². The number of aromatic hydroxyl groups is 1. The van der Waals surface area contributed by atoms with Crippen LogP contribution < -0.4 is 16.4 Å². The van der Waals surface area contributed by atoms with Crippen molar-refractivity contribution in [3.63, 3.8) is 0 Å². The fourth-order valence-corrected chi connectivity index (χ4v) is 3.15. The molecule has 0 bridgehead atoms. The highest BCUT2D eigenvalue weighted by Gasteiger charge is 2.16. The van der Waals surface area contributed by atoms with Crippen molar-refractivity contribution in [3.05, 3.63) is 42.7 Å². The van der Waals surface area contributed by atoms with E-state index in [4.69, 9.17) is 5.73 Å². The van der Waals surface area contributed by atoms with Gasteiger partial charge in [0.1, 0.15) is 5.75 Å². The van der Waals surface area contributed by atoms with Gasteiger partial charge < -0.3 is 21.5 Å². The van der Waals surface area contributed by atoms with E-state index in [0.29, 0.717) is 28.8 Å². The Balaban J connectivity index is 1.57. The van der Waals surface area contributed by atoms with Gasteiger partial charge in [-0.25, -0.2) is 0 Å². The highest BCUT2D eigenvalue weighted by atomic mass is 16.3. The summed E-state index contributed by atoms with van der Waals surface area (Å²) in [6.45, 7) is 2.02. The van der Waals surface area contributed by atoms with Crippen molar-refractivity contribution in [1.29, 1.82) is 0 Å². The first-order chi connectivity index (χ1) is 12.7. The fourth-order valence-electron chi connectivity index (χ4n) is 3.15. The summed E-state index contributed by atoms with van der Waals surface area (Å²) in [5, 5.41) is 29.2. The van der Waals surface area contributed by atoms with Gasteiger partial charge in [0.15, 0.2) is 5.82 Å². The number of hydrogen-bond acceptors (Lipinski definition) is 7. The molecule has 5 N–H and O–H groups in total. The summed E-state index contributed by atoms with van der Waals surface area (Å²) in [4.78, 5) is 0. The lowest BCUT2D eigenvalue weighted by Crippen LogP contribution is -2.29. The maximum atomic E-state index is 10.0. The van der Waals surface area contributed by atoms with Crippen molar-refractivity contribution < 1.29 is 5.11 Å². The molecular formula is C18H21N7O. The SMILES string of the molecule is Nc1nnc(-c2ccccc2O)cc1Nc1cnn(C2CCNCC2)c1. The third-order valence-electron chi connectivity index (χ3n) is 4.57. The molecule has 1 aliphatic rings. The van der Waals surface area contributed by atoms with Crippen molar-refractivity contribution >= 4 is 17.2 Å². The van der Waals surface area contributed by atoms with Gasteiger partial charge in [0.25, 0.3) is 0 Å². The normalized spacial score (nSPS) is 15.1. The Kier molecular flexibility index (Phi) is 4.40. The lowest BCUT2D eigenvalue weighted by atomic mass is 10.1. The Hall–Kier alpha value is -3.13. The lowest BCUT2D eigenvalue weighted by Gasteiger charge is -2.22. The van der Waals surface area contributed by atoms with Crippen LogP contribution in [0.25, 0.3) is 11.3 Å². The molecule has 134 valence electrons. The highest BCUT2D eigenvalue weighted by Crippen LogP contribution is 2.31. The molecule has 3 aromatic rings. The monoisotopic (exact) mass is 351 g/mol. The Morgan fingerprint density at radius 2 is 2.00 bits per heavy atom. The van der Waals surface area contributed by atoms with Crippen LogP contribution in [0.4, 0.5) is 17.2 Å². The quantitative estimate of drug-likeness (QED) is 0.570. The maximum Gasteiger partial charge on any atom is 0.169 e. The average Bonchev–Trinajstić information content (AvgIpc) is 3.13. The van der Waals surface area contributed by atoms with Gasteiger partial charge in [0.05, 0.1) is 29.3 Å². The molecular weight excluding hydrogens is 330 g/mol. The fraction of sp³-hybridized carbons (Fsp3) is 0.278. The molecule has 0 radical (unpaired) electrons. The number of piperidine rings is 1. The summed E-state index contributed by atoms with van der Waals surface area (Å²) in [5.74, 6) is 0.440. The van der Waals surface area contributed by atoms with E-state index in [-0.39, 0.29) is 5.75 Å². The van der Waals surface area contributed by atoms with Crippen LogP contribution in [0.1, 0.15) is 18.9 Å². The van der Waals surface area contributed by atoms with E-state index in [0.717, 1.165) is 31.6 Å². The minimum atomic E-state index is 0.149. The first-order valence-electron chi connectivity index (χ1n) is 8.64. The number of anilines is 3. The van der Waals surface area contributed by atoms with Crippen LogP contribution in [0.2, 0.25) is 0 Å². The predicted octanol–water partition coefficient (Wildman–Crippen LogP) is 2.30. The van der Waals surface area contributed by atoms with Gasteiger partial charge in [0, 0.05) is 11.8 Å². The third-order valence-corrected chi connectivity index (χ3v) is 4.57. The lowest BCUT2D eigenvalue weighted by molar-refractivity contribution is 0.343. The number of nitrogens with zero attached hydrogens (tertiary/aromatic N) is 4. The number of hydrogen-bond donors (Lipinski definition) is 4.